The van der Waals surface area contributed by atoms with E-state index in [1.807, 2.05) is 60.7 Å². The van der Waals surface area contributed by atoms with E-state index in [2.05, 4.69) is 9.97 Å². The molecule has 2 aromatic carbocycles. The Morgan fingerprint density at radius 3 is 2.38 bits per heavy atom. The van der Waals surface area contributed by atoms with Gasteiger partial charge in [0.2, 0.25) is 5.91 Å². The van der Waals surface area contributed by atoms with Gasteiger partial charge in [-0.25, -0.2) is 14.8 Å². The molecule has 0 radical (unpaired) electrons. The van der Waals surface area contributed by atoms with Gasteiger partial charge in [-0.2, -0.15) is 0 Å². The number of likely N-dealkylation sites (N-methyl/N-ethyl adjacent to an activating group) is 1. The van der Waals surface area contributed by atoms with Crippen LogP contribution in [0.3, 0.4) is 0 Å². The fraction of sp³-hybridized carbons (Fsp3) is 0.182. The van der Waals surface area contributed by atoms with Gasteiger partial charge in [-0.15, -0.1) is 0 Å². The predicted molar refractivity (Wildman–Crippen MR) is 111 cm³/mol. The Balaban J connectivity index is 1.66. The van der Waals surface area contributed by atoms with Crippen LogP contribution in [0, 0.1) is 0 Å². The van der Waals surface area contributed by atoms with Gasteiger partial charge in [0.25, 0.3) is 0 Å². The van der Waals surface area contributed by atoms with E-state index in [4.69, 9.17) is 0 Å². The molecule has 2 heterocycles. The summed E-state index contributed by atoms with van der Waals surface area (Å²) in [5.41, 5.74) is 2.63. The van der Waals surface area contributed by atoms with Crippen LogP contribution < -0.4 is 5.69 Å². The number of aromatic nitrogens is 4. The van der Waals surface area contributed by atoms with Gasteiger partial charge >= 0.3 is 5.69 Å². The van der Waals surface area contributed by atoms with Crippen LogP contribution in [0.2, 0.25) is 0 Å². The summed E-state index contributed by atoms with van der Waals surface area (Å²) >= 11 is 0. The largest absolute Gasteiger partial charge is 0.340 e. The van der Waals surface area contributed by atoms with Crippen LogP contribution in [0.5, 0.6) is 0 Å². The Morgan fingerprint density at radius 1 is 1.03 bits per heavy atom. The number of carbonyl (C=O) groups excluding carboxylic acids is 1. The van der Waals surface area contributed by atoms with Gasteiger partial charge in [0.05, 0.1) is 6.20 Å². The summed E-state index contributed by atoms with van der Waals surface area (Å²) in [6.07, 6.45) is 1.63. The molecular weight excluding hydrogens is 365 g/mol. The lowest BCUT2D eigenvalue weighted by Crippen LogP contribution is -2.34. The average molecular weight is 386 g/mol. The van der Waals surface area contributed by atoms with Crippen molar-refractivity contribution in [2.24, 2.45) is 7.05 Å². The molecule has 7 nitrogen and oxygen atoms in total. The Bertz CT molecular complexity index is 1210. The van der Waals surface area contributed by atoms with E-state index in [9.17, 15) is 9.59 Å². The predicted octanol–water partition coefficient (Wildman–Crippen LogP) is 2.46. The van der Waals surface area contributed by atoms with Crippen molar-refractivity contribution in [2.75, 3.05) is 7.05 Å². The number of hydrogen-bond donors (Lipinski definition) is 0. The fourth-order valence-electron chi connectivity index (χ4n) is 3.25. The summed E-state index contributed by atoms with van der Waals surface area (Å²) < 4.78 is 2.88. The van der Waals surface area contributed by atoms with Crippen LogP contribution >= 0.6 is 0 Å². The van der Waals surface area contributed by atoms with Crippen molar-refractivity contribution < 1.29 is 4.79 Å². The summed E-state index contributed by atoms with van der Waals surface area (Å²) in [7, 11) is 3.39. The molecule has 0 fully saturated rings. The smallest absolute Gasteiger partial charge is 0.330 e. The van der Waals surface area contributed by atoms with Crippen molar-refractivity contribution in [3.05, 3.63) is 82.9 Å². The molecule has 0 N–H and O–H groups in total. The first-order valence-electron chi connectivity index (χ1n) is 9.30. The van der Waals surface area contributed by atoms with Gasteiger partial charge in [0.1, 0.15) is 12.1 Å². The lowest BCUT2D eigenvalue weighted by molar-refractivity contribution is -0.131. The standard InChI is InChI=1S/C22H21N5O2/c1-25(14-16-9-5-3-6-10-16)19(28)15-27-21-18(26(2)22(27)29)13-23-20(24-21)17-11-7-4-8-12-17/h3-13H,14-15H2,1-2H3/i1-1. The summed E-state index contributed by atoms with van der Waals surface area (Å²) in [5, 5.41) is 0. The minimum absolute atomic E-state index is 0.0786. The fourth-order valence-corrected chi connectivity index (χ4v) is 3.25. The molecule has 0 saturated carbocycles. The number of carbonyl (C=O) groups is 1. The highest BCUT2D eigenvalue weighted by molar-refractivity contribution is 5.79. The highest BCUT2D eigenvalue weighted by Crippen LogP contribution is 2.17. The number of hydrogen-bond acceptors (Lipinski definition) is 4. The second-order valence-electron chi connectivity index (χ2n) is 6.93. The molecule has 4 rings (SSSR count). The first kappa shape index (κ1) is 18.6. The number of amides is 1. The van der Waals surface area contributed by atoms with E-state index >= 15 is 0 Å². The second kappa shape index (κ2) is 7.71. The zero-order valence-corrected chi connectivity index (χ0v) is 16.3. The molecule has 29 heavy (non-hydrogen) atoms. The van der Waals surface area contributed by atoms with Gasteiger partial charge in [-0.05, 0) is 5.56 Å². The number of imidazole rings is 1. The Labute approximate surface area is 167 Å². The molecule has 0 unspecified atom stereocenters. The number of benzene rings is 2. The van der Waals surface area contributed by atoms with E-state index in [0.29, 0.717) is 23.5 Å². The Hall–Kier alpha value is -3.74. The van der Waals surface area contributed by atoms with Crippen LogP contribution in [0.4, 0.5) is 0 Å². The minimum atomic E-state index is -0.291. The third kappa shape index (κ3) is 3.67. The van der Waals surface area contributed by atoms with Crippen LogP contribution in [0.15, 0.2) is 71.7 Å². The topological polar surface area (TPSA) is 73.0 Å². The molecule has 4 aromatic rings. The van der Waals surface area contributed by atoms with Crippen molar-refractivity contribution >= 4 is 17.1 Å². The van der Waals surface area contributed by atoms with Crippen molar-refractivity contribution in [2.45, 2.75) is 13.1 Å². The quantitative estimate of drug-likeness (QED) is 0.528. The zero-order chi connectivity index (χ0) is 20.4. The lowest BCUT2D eigenvalue weighted by Gasteiger charge is -2.17. The third-order valence-corrected chi connectivity index (χ3v) is 4.90. The molecule has 0 spiro atoms. The van der Waals surface area contributed by atoms with Gasteiger partial charge in [0.15, 0.2) is 11.5 Å². The SMILES string of the molecule is Cn1c(=O)n(CC(=O)N([11CH3])Cc2ccccc2)c2nc(-c3ccccc3)ncc21. The van der Waals surface area contributed by atoms with Crippen molar-refractivity contribution in [1.82, 2.24) is 24.0 Å². The lowest BCUT2D eigenvalue weighted by atomic mass is 10.2. The summed E-state index contributed by atoms with van der Waals surface area (Å²) in [6.45, 7) is 0.397. The molecule has 0 aliphatic heterocycles. The summed E-state index contributed by atoms with van der Waals surface area (Å²) in [5.74, 6) is 0.353. The molecule has 146 valence electrons. The number of nitrogens with zero attached hydrogens (tertiary/aromatic N) is 5. The third-order valence-electron chi connectivity index (χ3n) is 4.90. The molecule has 1 amide bonds. The van der Waals surface area contributed by atoms with Gasteiger partial charge < -0.3 is 4.90 Å². The maximum absolute atomic E-state index is 12.8. The highest BCUT2D eigenvalue weighted by atomic mass is 16.2. The normalized spacial score (nSPS) is 11.0. The monoisotopic (exact) mass is 386 g/mol. The van der Waals surface area contributed by atoms with Crippen molar-refractivity contribution in [1.29, 1.82) is 0 Å². The van der Waals surface area contributed by atoms with Crippen molar-refractivity contribution in [3.8, 4) is 11.4 Å². The highest BCUT2D eigenvalue weighted by Gasteiger charge is 2.18. The molecule has 7 heteroatoms. The van der Waals surface area contributed by atoms with Crippen LogP contribution in [-0.4, -0.2) is 37.0 Å². The molecule has 0 aliphatic carbocycles. The summed E-state index contributed by atoms with van der Waals surface area (Å²) in [4.78, 5) is 36.1. The minimum Gasteiger partial charge on any atom is -0.340 e. The van der Waals surface area contributed by atoms with E-state index < -0.39 is 0 Å². The average Bonchev–Trinajstić information content (AvgIpc) is 2.99. The van der Waals surface area contributed by atoms with Crippen LogP contribution in [0.1, 0.15) is 5.56 Å². The molecule has 2 aromatic heterocycles. The Kier molecular flexibility index (Phi) is 4.95. The van der Waals surface area contributed by atoms with Crippen LogP contribution in [0.25, 0.3) is 22.6 Å². The van der Waals surface area contributed by atoms with E-state index in [1.165, 1.54) is 9.13 Å². The molecule has 0 atom stereocenters. The molecule has 0 bridgehead atoms. The summed E-state index contributed by atoms with van der Waals surface area (Å²) in [6, 6.07) is 19.3. The van der Waals surface area contributed by atoms with E-state index in [-0.39, 0.29) is 18.1 Å². The molecule has 0 saturated heterocycles. The van der Waals surface area contributed by atoms with Gasteiger partial charge in [-0.3, -0.25) is 13.9 Å². The Morgan fingerprint density at radius 2 is 1.69 bits per heavy atom. The first-order chi connectivity index (χ1) is 14.0. The molecular formula is C22H21N5O2. The maximum Gasteiger partial charge on any atom is 0.330 e. The number of rotatable bonds is 5. The van der Waals surface area contributed by atoms with E-state index in [0.717, 1.165) is 11.1 Å². The van der Waals surface area contributed by atoms with Crippen LogP contribution in [-0.2, 0) is 24.9 Å². The zero-order valence-electron chi connectivity index (χ0n) is 16.3. The van der Waals surface area contributed by atoms with E-state index in [1.54, 1.807) is 25.2 Å². The van der Waals surface area contributed by atoms with Crippen molar-refractivity contribution in [3.63, 3.8) is 0 Å². The number of fused-ring (bicyclic) bond motifs is 1. The van der Waals surface area contributed by atoms with Gasteiger partial charge in [0, 0.05) is 26.2 Å². The maximum atomic E-state index is 12.8. The van der Waals surface area contributed by atoms with Gasteiger partial charge in [-0.1, -0.05) is 60.7 Å². The number of aryl methyl sites for hydroxylation is 1. The second-order valence-corrected chi connectivity index (χ2v) is 6.93. The first-order valence-corrected chi connectivity index (χ1v) is 9.30. The molecule has 0 aliphatic rings.